The summed E-state index contributed by atoms with van der Waals surface area (Å²) in [5.41, 5.74) is -0.00652. The van der Waals surface area contributed by atoms with Gasteiger partial charge >= 0.3 is 0 Å². The molecule has 1 aromatic heterocycles. The fourth-order valence-electron chi connectivity index (χ4n) is 2.44. The Labute approximate surface area is 115 Å². The van der Waals surface area contributed by atoms with Crippen LogP contribution in [0.2, 0.25) is 0 Å². The first-order valence-corrected chi connectivity index (χ1v) is 7.36. The molecule has 1 aliphatic heterocycles. The van der Waals surface area contributed by atoms with Gasteiger partial charge in [-0.05, 0) is 44.5 Å². The summed E-state index contributed by atoms with van der Waals surface area (Å²) in [5.74, 6) is 0.475. The van der Waals surface area contributed by atoms with E-state index in [1.807, 2.05) is 19.2 Å². The zero-order valence-corrected chi connectivity index (χ0v) is 11.8. The summed E-state index contributed by atoms with van der Waals surface area (Å²) in [4.78, 5) is 14.6. The highest BCUT2D eigenvalue weighted by molar-refractivity contribution is 5.17. The van der Waals surface area contributed by atoms with Crippen molar-refractivity contribution in [1.82, 2.24) is 9.47 Å². The predicted octanol–water partition coefficient (Wildman–Crippen LogP) is 2.12. The van der Waals surface area contributed by atoms with Crippen molar-refractivity contribution in [3.63, 3.8) is 0 Å². The molecule has 19 heavy (non-hydrogen) atoms. The quantitative estimate of drug-likeness (QED) is 0.789. The Kier molecular flexibility index (Phi) is 5.45. The zero-order chi connectivity index (χ0) is 13.5. The highest BCUT2D eigenvalue weighted by atomic mass is 16.5. The van der Waals surface area contributed by atoms with Gasteiger partial charge in [-0.2, -0.15) is 0 Å². The van der Waals surface area contributed by atoms with Crippen LogP contribution in [-0.4, -0.2) is 35.7 Å². The lowest BCUT2D eigenvalue weighted by Crippen LogP contribution is -2.34. The van der Waals surface area contributed by atoms with E-state index in [0.717, 1.165) is 19.5 Å². The molecule has 0 N–H and O–H groups in total. The normalized spacial score (nSPS) is 16.5. The van der Waals surface area contributed by atoms with Crippen LogP contribution in [0.5, 0.6) is 5.75 Å². The van der Waals surface area contributed by atoms with E-state index in [1.165, 1.54) is 32.4 Å². The van der Waals surface area contributed by atoms with E-state index in [9.17, 15) is 4.79 Å². The molecule has 0 aromatic carbocycles. The summed E-state index contributed by atoms with van der Waals surface area (Å²) in [5, 5.41) is 0. The van der Waals surface area contributed by atoms with E-state index in [0.29, 0.717) is 12.4 Å². The Morgan fingerprint density at radius 1 is 1.21 bits per heavy atom. The molecule has 0 spiro atoms. The standard InChI is InChI=1S/C15H24N2O2/c1-2-13-19-14-7-6-10-17(15(14)18)12-11-16-8-4-3-5-9-16/h6-7,10H,2-5,8-9,11-13H2,1H3. The lowest BCUT2D eigenvalue weighted by Gasteiger charge is -2.26. The average molecular weight is 264 g/mol. The van der Waals surface area contributed by atoms with Crippen LogP contribution in [0.15, 0.2) is 23.1 Å². The average Bonchev–Trinajstić information content (AvgIpc) is 2.46. The molecule has 0 unspecified atom stereocenters. The van der Waals surface area contributed by atoms with Gasteiger partial charge in [0.25, 0.3) is 5.56 Å². The molecule has 0 amide bonds. The highest BCUT2D eigenvalue weighted by Gasteiger charge is 2.10. The number of rotatable bonds is 6. The van der Waals surface area contributed by atoms with Crippen molar-refractivity contribution in [3.05, 3.63) is 28.7 Å². The van der Waals surface area contributed by atoms with Crippen LogP contribution >= 0.6 is 0 Å². The second-order valence-corrected chi connectivity index (χ2v) is 5.12. The Bertz CT molecular complexity index is 436. The molecule has 1 fully saturated rings. The molecular formula is C15H24N2O2. The van der Waals surface area contributed by atoms with Crippen LogP contribution in [0, 0.1) is 0 Å². The van der Waals surface area contributed by atoms with Crippen molar-refractivity contribution in [3.8, 4) is 5.75 Å². The van der Waals surface area contributed by atoms with Crippen LogP contribution in [-0.2, 0) is 6.54 Å². The maximum absolute atomic E-state index is 12.2. The molecule has 0 saturated carbocycles. The minimum atomic E-state index is -0.00652. The fraction of sp³-hybridized carbons (Fsp3) is 0.667. The fourth-order valence-corrected chi connectivity index (χ4v) is 2.44. The molecule has 1 aliphatic rings. The van der Waals surface area contributed by atoms with Gasteiger partial charge in [0.2, 0.25) is 0 Å². The Balaban J connectivity index is 1.93. The molecule has 4 nitrogen and oxygen atoms in total. The monoisotopic (exact) mass is 264 g/mol. The van der Waals surface area contributed by atoms with Gasteiger partial charge in [-0.25, -0.2) is 0 Å². The maximum Gasteiger partial charge on any atom is 0.292 e. The number of aromatic nitrogens is 1. The van der Waals surface area contributed by atoms with Crippen LogP contribution < -0.4 is 10.3 Å². The van der Waals surface area contributed by atoms with Crippen LogP contribution in [0.4, 0.5) is 0 Å². The van der Waals surface area contributed by atoms with E-state index in [2.05, 4.69) is 4.90 Å². The molecule has 0 atom stereocenters. The third-order valence-electron chi connectivity index (χ3n) is 3.55. The number of piperidine rings is 1. The van der Waals surface area contributed by atoms with Gasteiger partial charge in [0.05, 0.1) is 6.61 Å². The van der Waals surface area contributed by atoms with Crippen LogP contribution in [0.1, 0.15) is 32.6 Å². The molecule has 2 rings (SSSR count). The zero-order valence-electron chi connectivity index (χ0n) is 11.8. The molecular weight excluding hydrogens is 240 g/mol. The number of hydrogen-bond acceptors (Lipinski definition) is 3. The molecule has 0 aliphatic carbocycles. The number of likely N-dealkylation sites (tertiary alicyclic amines) is 1. The number of ether oxygens (including phenoxy) is 1. The molecule has 4 heteroatoms. The number of hydrogen-bond donors (Lipinski definition) is 0. The van der Waals surface area contributed by atoms with Crippen molar-refractivity contribution in [2.45, 2.75) is 39.2 Å². The van der Waals surface area contributed by atoms with Gasteiger partial charge in [-0.3, -0.25) is 4.79 Å². The topological polar surface area (TPSA) is 34.5 Å². The van der Waals surface area contributed by atoms with Gasteiger partial charge in [0.15, 0.2) is 5.75 Å². The largest absolute Gasteiger partial charge is 0.488 e. The third-order valence-corrected chi connectivity index (χ3v) is 3.55. The molecule has 2 heterocycles. The first-order chi connectivity index (χ1) is 9.31. The Hall–Kier alpha value is -1.29. The van der Waals surface area contributed by atoms with Gasteiger partial charge in [0.1, 0.15) is 0 Å². The van der Waals surface area contributed by atoms with Crippen molar-refractivity contribution in [2.24, 2.45) is 0 Å². The highest BCUT2D eigenvalue weighted by Crippen LogP contribution is 2.08. The molecule has 0 bridgehead atoms. The van der Waals surface area contributed by atoms with Crippen LogP contribution in [0.25, 0.3) is 0 Å². The van der Waals surface area contributed by atoms with Crippen molar-refractivity contribution in [1.29, 1.82) is 0 Å². The van der Waals surface area contributed by atoms with E-state index in [1.54, 1.807) is 10.6 Å². The predicted molar refractivity (Wildman–Crippen MR) is 76.8 cm³/mol. The van der Waals surface area contributed by atoms with Gasteiger partial charge in [-0.15, -0.1) is 0 Å². The first-order valence-electron chi connectivity index (χ1n) is 7.36. The molecule has 1 aromatic rings. The second kappa shape index (κ2) is 7.34. The third kappa shape index (κ3) is 4.10. The molecule has 1 saturated heterocycles. The smallest absolute Gasteiger partial charge is 0.292 e. The van der Waals surface area contributed by atoms with E-state index in [4.69, 9.17) is 4.74 Å². The van der Waals surface area contributed by atoms with E-state index in [-0.39, 0.29) is 5.56 Å². The number of pyridine rings is 1. The van der Waals surface area contributed by atoms with Gasteiger partial charge < -0.3 is 14.2 Å². The van der Waals surface area contributed by atoms with E-state index < -0.39 is 0 Å². The summed E-state index contributed by atoms with van der Waals surface area (Å²) in [6.07, 6.45) is 6.69. The lowest BCUT2D eigenvalue weighted by atomic mass is 10.1. The summed E-state index contributed by atoms with van der Waals surface area (Å²) >= 11 is 0. The molecule has 0 radical (unpaired) electrons. The molecule has 106 valence electrons. The number of nitrogens with zero attached hydrogens (tertiary/aromatic N) is 2. The van der Waals surface area contributed by atoms with Crippen LogP contribution in [0.3, 0.4) is 0 Å². The summed E-state index contributed by atoms with van der Waals surface area (Å²) in [6.45, 7) is 6.68. The van der Waals surface area contributed by atoms with Crippen molar-refractivity contribution >= 4 is 0 Å². The summed E-state index contributed by atoms with van der Waals surface area (Å²) < 4.78 is 7.23. The minimum absolute atomic E-state index is 0.00652. The summed E-state index contributed by atoms with van der Waals surface area (Å²) in [7, 11) is 0. The first kappa shape index (κ1) is 14.1. The van der Waals surface area contributed by atoms with Crippen molar-refractivity contribution in [2.75, 3.05) is 26.2 Å². The van der Waals surface area contributed by atoms with Gasteiger partial charge in [0, 0.05) is 19.3 Å². The second-order valence-electron chi connectivity index (χ2n) is 5.12. The Morgan fingerprint density at radius 3 is 2.74 bits per heavy atom. The van der Waals surface area contributed by atoms with Crippen molar-refractivity contribution < 1.29 is 4.74 Å². The lowest BCUT2D eigenvalue weighted by molar-refractivity contribution is 0.219. The van der Waals surface area contributed by atoms with E-state index >= 15 is 0 Å². The Morgan fingerprint density at radius 2 is 2.00 bits per heavy atom. The minimum Gasteiger partial charge on any atom is -0.488 e. The van der Waals surface area contributed by atoms with Gasteiger partial charge in [-0.1, -0.05) is 13.3 Å². The SMILES string of the molecule is CCCOc1cccn(CCN2CCCCC2)c1=O. The summed E-state index contributed by atoms with van der Waals surface area (Å²) in [6, 6.07) is 3.65. The maximum atomic E-state index is 12.2.